The van der Waals surface area contributed by atoms with Gasteiger partial charge in [0.25, 0.3) is 0 Å². The zero-order valence-electron chi connectivity index (χ0n) is 11.8. The molecule has 0 heterocycles. The Morgan fingerprint density at radius 2 is 2.11 bits per heavy atom. The monoisotopic (exact) mass is 330 g/mol. The van der Waals surface area contributed by atoms with E-state index >= 15 is 0 Å². The lowest BCUT2D eigenvalue weighted by Gasteiger charge is -2.15. The molecule has 1 unspecified atom stereocenters. The average molecular weight is 331 g/mol. The SMILES string of the molecule is COCCNCC(C)NCc1ccc(OC)c(Br)c1. The van der Waals surface area contributed by atoms with Crippen molar-refractivity contribution in [2.75, 3.05) is 33.9 Å². The zero-order chi connectivity index (χ0) is 14.1. The summed E-state index contributed by atoms with van der Waals surface area (Å²) in [6.45, 7) is 5.57. The normalized spacial score (nSPS) is 12.4. The maximum atomic E-state index is 5.21. The number of hydrogen-bond donors (Lipinski definition) is 2. The van der Waals surface area contributed by atoms with E-state index < -0.39 is 0 Å². The minimum Gasteiger partial charge on any atom is -0.496 e. The van der Waals surface area contributed by atoms with Crippen molar-refractivity contribution in [1.82, 2.24) is 10.6 Å². The molecule has 0 bridgehead atoms. The second-order valence-corrected chi connectivity index (χ2v) is 5.30. The highest BCUT2D eigenvalue weighted by Gasteiger charge is 2.04. The van der Waals surface area contributed by atoms with Crippen LogP contribution >= 0.6 is 15.9 Å². The van der Waals surface area contributed by atoms with Gasteiger partial charge < -0.3 is 20.1 Å². The first kappa shape index (κ1) is 16.4. The molecular formula is C14H23BrN2O2. The van der Waals surface area contributed by atoms with Crippen molar-refractivity contribution in [3.63, 3.8) is 0 Å². The summed E-state index contributed by atoms with van der Waals surface area (Å²) in [4.78, 5) is 0. The van der Waals surface area contributed by atoms with Crippen molar-refractivity contribution in [1.29, 1.82) is 0 Å². The fraction of sp³-hybridized carbons (Fsp3) is 0.571. The summed E-state index contributed by atoms with van der Waals surface area (Å²) in [6, 6.07) is 6.54. The largest absolute Gasteiger partial charge is 0.496 e. The predicted octanol–water partition coefficient (Wildman–Crippen LogP) is 2.17. The van der Waals surface area contributed by atoms with Crippen LogP contribution in [0.5, 0.6) is 5.75 Å². The predicted molar refractivity (Wildman–Crippen MR) is 81.7 cm³/mol. The summed E-state index contributed by atoms with van der Waals surface area (Å²) in [5.74, 6) is 0.859. The van der Waals surface area contributed by atoms with Gasteiger partial charge in [-0.25, -0.2) is 0 Å². The molecule has 1 rings (SSSR count). The van der Waals surface area contributed by atoms with Crippen molar-refractivity contribution in [2.24, 2.45) is 0 Å². The number of nitrogens with one attached hydrogen (secondary N) is 2. The molecule has 0 spiro atoms. The number of ether oxygens (including phenoxy) is 2. The molecule has 2 N–H and O–H groups in total. The molecule has 1 aromatic rings. The minimum absolute atomic E-state index is 0.415. The highest BCUT2D eigenvalue weighted by atomic mass is 79.9. The smallest absolute Gasteiger partial charge is 0.133 e. The van der Waals surface area contributed by atoms with Crippen molar-refractivity contribution in [3.8, 4) is 5.75 Å². The molecule has 1 atom stereocenters. The molecule has 0 fully saturated rings. The van der Waals surface area contributed by atoms with Crippen LogP contribution in [0.2, 0.25) is 0 Å². The topological polar surface area (TPSA) is 42.5 Å². The highest BCUT2D eigenvalue weighted by molar-refractivity contribution is 9.10. The van der Waals surface area contributed by atoms with Crippen LogP contribution in [0, 0.1) is 0 Å². The standard InChI is InChI=1S/C14H23BrN2O2/c1-11(9-16-6-7-18-2)17-10-12-4-5-14(19-3)13(15)8-12/h4-5,8,11,16-17H,6-7,9-10H2,1-3H3. The third-order valence-corrected chi connectivity index (χ3v) is 3.42. The second kappa shape index (κ2) is 9.31. The first-order valence-electron chi connectivity index (χ1n) is 6.42. The Bertz CT molecular complexity index is 374. The van der Waals surface area contributed by atoms with Gasteiger partial charge in [0.05, 0.1) is 18.2 Å². The van der Waals surface area contributed by atoms with E-state index in [1.54, 1.807) is 14.2 Å². The molecule has 19 heavy (non-hydrogen) atoms. The molecule has 5 heteroatoms. The maximum Gasteiger partial charge on any atom is 0.133 e. The number of halogens is 1. The number of hydrogen-bond acceptors (Lipinski definition) is 4. The second-order valence-electron chi connectivity index (χ2n) is 4.45. The molecule has 0 aromatic heterocycles. The van der Waals surface area contributed by atoms with Crippen LogP contribution in [0.3, 0.4) is 0 Å². The van der Waals surface area contributed by atoms with E-state index in [0.717, 1.165) is 36.5 Å². The van der Waals surface area contributed by atoms with Gasteiger partial charge in [-0.3, -0.25) is 0 Å². The van der Waals surface area contributed by atoms with Crippen LogP contribution in [0.4, 0.5) is 0 Å². The average Bonchev–Trinajstić information content (AvgIpc) is 2.41. The summed E-state index contributed by atoms with van der Waals surface area (Å²) in [6.07, 6.45) is 0. The quantitative estimate of drug-likeness (QED) is 0.681. The molecule has 1 aromatic carbocycles. The van der Waals surface area contributed by atoms with Crippen LogP contribution < -0.4 is 15.4 Å². The van der Waals surface area contributed by atoms with E-state index in [0.29, 0.717) is 6.04 Å². The Hall–Kier alpha value is -0.620. The Balaban J connectivity index is 2.29. The molecule has 0 radical (unpaired) electrons. The van der Waals surface area contributed by atoms with Crippen LogP contribution in [0.1, 0.15) is 12.5 Å². The van der Waals surface area contributed by atoms with Gasteiger partial charge in [-0.1, -0.05) is 6.07 Å². The first-order valence-corrected chi connectivity index (χ1v) is 7.22. The zero-order valence-corrected chi connectivity index (χ0v) is 13.4. The van der Waals surface area contributed by atoms with Crippen LogP contribution in [-0.4, -0.2) is 40.0 Å². The van der Waals surface area contributed by atoms with E-state index in [1.165, 1.54) is 5.56 Å². The van der Waals surface area contributed by atoms with Gasteiger partial charge in [-0.2, -0.15) is 0 Å². The van der Waals surface area contributed by atoms with Gasteiger partial charge in [0, 0.05) is 32.8 Å². The van der Waals surface area contributed by atoms with Gasteiger partial charge >= 0.3 is 0 Å². The first-order chi connectivity index (χ1) is 9.17. The third kappa shape index (κ3) is 6.38. The molecule has 0 saturated carbocycles. The fourth-order valence-corrected chi connectivity index (χ4v) is 2.26. The third-order valence-electron chi connectivity index (χ3n) is 2.80. The van der Waals surface area contributed by atoms with E-state index in [9.17, 15) is 0 Å². The molecule has 0 aliphatic carbocycles. The Morgan fingerprint density at radius 3 is 2.74 bits per heavy atom. The van der Waals surface area contributed by atoms with E-state index in [1.807, 2.05) is 6.07 Å². The lowest BCUT2D eigenvalue weighted by atomic mass is 10.2. The Kier molecular flexibility index (Phi) is 8.05. The van der Waals surface area contributed by atoms with Crippen molar-refractivity contribution in [2.45, 2.75) is 19.5 Å². The summed E-state index contributed by atoms with van der Waals surface area (Å²) in [5.41, 5.74) is 1.23. The van der Waals surface area contributed by atoms with Gasteiger partial charge in [0.15, 0.2) is 0 Å². The molecule has 0 amide bonds. The van der Waals surface area contributed by atoms with Crippen LogP contribution in [0.25, 0.3) is 0 Å². The van der Waals surface area contributed by atoms with Gasteiger partial charge in [0.1, 0.15) is 5.75 Å². The van der Waals surface area contributed by atoms with E-state index in [-0.39, 0.29) is 0 Å². The summed E-state index contributed by atoms with van der Waals surface area (Å²) in [5, 5.41) is 6.81. The van der Waals surface area contributed by atoms with Crippen molar-refractivity contribution < 1.29 is 9.47 Å². The molecule has 0 aliphatic rings. The van der Waals surface area contributed by atoms with Gasteiger partial charge in [-0.05, 0) is 40.5 Å². The summed E-state index contributed by atoms with van der Waals surface area (Å²) >= 11 is 3.49. The number of benzene rings is 1. The lowest BCUT2D eigenvalue weighted by Crippen LogP contribution is -2.37. The van der Waals surface area contributed by atoms with Gasteiger partial charge in [0.2, 0.25) is 0 Å². The van der Waals surface area contributed by atoms with Gasteiger partial charge in [-0.15, -0.1) is 0 Å². The Labute approximate surface area is 124 Å². The Morgan fingerprint density at radius 1 is 1.32 bits per heavy atom. The molecule has 108 valence electrons. The van der Waals surface area contributed by atoms with Crippen LogP contribution in [-0.2, 0) is 11.3 Å². The highest BCUT2D eigenvalue weighted by Crippen LogP contribution is 2.25. The molecular weight excluding hydrogens is 308 g/mol. The summed E-state index contributed by atoms with van der Waals surface area (Å²) < 4.78 is 11.2. The van der Waals surface area contributed by atoms with E-state index in [2.05, 4.69) is 45.6 Å². The summed E-state index contributed by atoms with van der Waals surface area (Å²) in [7, 11) is 3.39. The van der Waals surface area contributed by atoms with E-state index in [4.69, 9.17) is 9.47 Å². The maximum absolute atomic E-state index is 5.21. The molecule has 0 aliphatic heterocycles. The molecule has 0 saturated heterocycles. The number of rotatable bonds is 9. The lowest BCUT2D eigenvalue weighted by molar-refractivity contribution is 0.198. The molecule has 4 nitrogen and oxygen atoms in total. The van der Waals surface area contributed by atoms with Crippen molar-refractivity contribution >= 4 is 15.9 Å². The van der Waals surface area contributed by atoms with Crippen LogP contribution in [0.15, 0.2) is 22.7 Å². The van der Waals surface area contributed by atoms with Crippen molar-refractivity contribution in [3.05, 3.63) is 28.2 Å². The fourth-order valence-electron chi connectivity index (χ4n) is 1.68. The minimum atomic E-state index is 0.415. The number of methoxy groups -OCH3 is 2.